The number of hydrogen-bond donors (Lipinski definition) is 1. The number of nitrogens with zero attached hydrogens (tertiary/aromatic N) is 1. The van der Waals surface area contributed by atoms with Crippen molar-refractivity contribution in [2.45, 2.75) is 6.42 Å². The first-order valence-electron chi connectivity index (χ1n) is 5.38. The average molecular weight is 231 g/mol. The van der Waals surface area contributed by atoms with Crippen LogP contribution in [0.15, 0.2) is 36.9 Å². The zero-order valence-electron chi connectivity index (χ0n) is 9.30. The smallest absolute Gasteiger partial charge is 0.308 e. The lowest BCUT2D eigenvalue weighted by Crippen LogP contribution is -2.41. The van der Waals surface area contributed by atoms with Crippen molar-refractivity contribution < 1.29 is 14.7 Å². The number of hydrogen-bond acceptors (Lipinski definition) is 2. The van der Waals surface area contributed by atoms with Crippen LogP contribution >= 0.6 is 0 Å². The Kier molecular flexibility index (Phi) is 2.95. The molecule has 0 saturated carbocycles. The maximum Gasteiger partial charge on any atom is 0.308 e. The summed E-state index contributed by atoms with van der Waals surface area (Å²) < 4.78 is 0. The lowest BCUT2D eigenvalue weighted by atomic mass is 9.92. The molecule has 1 heterocycles. The van der Waals surface area contributed by atoms with Crippen LogP contribution in [0, 0.1) is 5.92 Å². The zero-order valence-corrected chi connectivity index (χ0v) is 9.30. The number of benzene rings is 1. The summed E-state index contributed by atoms with van der Waals surface area (Å²) in [5.41, 5.74) is 1.68. The van der Waals surface area contributed by atoms with E-state index in [2.05, 4.69) is 6.58 Å². The van der Waals surface area contributed by atoms with Gasteiger partial charge in [-0.3, -0.25) is 9.59 Å². The molecular formula is C13H13NO3. The molecule has 1 unspecified atom stereocenters. The van der Waals surface area contributed by atoms with E-state index in [0.717, 1.165) is 11.3 Å². The van der Waals surface area contributed by atoms with Crippen LogP contribution in [0.3, 0.4) is 0 Å². The van der Waals surface area contributed by atoms with Crippen LogP contribution in [0.1, 0.15) is 5.56 Å². The van der Waals surface area contributed by atoms with Gasteiger partial charge in [-0.2, -0.15) is 0 Å². The van der Waals surface area contributed by atoms with Crippen LogP contribution in [-0.2, 0) is 16.0 Å². The van der Waals surface area contributed by atoms with Gasteiger partial charge in [0.25, 0.3) is 0 Å². The highest BCUT2D eigenvalue weighted by atomic mass is 16.4. The number of para-hydroxylation sites is 1. The Labute approximate surface area is 99.2 Å². The van der Waals surface area contributed by atoms with Crippen LogP contribution in [0.5, 0.6) is 0 Å². The molecule has 1 N–H and O–H groups in total. The second kappa shape index (κ2) is 4.41. The average Bonchev–Trinajstić information content (AvgIpc) is 2.36. The van der Waals surface area contributed by atoms with E-state index >= 15 is 0 Å². The van der Waals surface area contributed by atoms with Gasteiger partial charge in [-0.05, 0) is 24.1 Å². The Balaban J connectivity index is 2.42. The minimum absolute atomic E-state index is 0.206. The van der Waals surface area contributed by atoms with Crippen molar-refractivity contribution in [3.05, 3.63) is 42.5 Å². The van der Waals surface area contributed by atoms with Crippen molar-refractivity contribution in [1.29, 1.82) is 0 Å². The van der Waals surface area contributed by atoms with E-state index in [1.165, 1.54) is 11.0 Å². The predicted octanol–water partition coefficient (Wildman–Crippen LogP) is 1.46. The first kappa shape index (κ1) is 11.4. The molecule has 4 nitrogen and oxygen atoms in total. The van der Waals surface area contributed by atoms with Crippen LogP contribution in [0.2, 0.25) is 0 Å². The highest BCUT2D eigenvalue weighted by Crippen LogP contribution is 2.29. The number of anilines is 1. The van der Waals surface area contributed by atoms with E-state index in [4.69, 9.17) is 5.11 Å². The third-order valence-electron chi connectivity index (χ3n) is 2.94. The molecule has 1 amide bonds. The summed E-state index contributed by atoms with van der Waals surface area (Å²) in [4.78, 5) is 24.2. The fraction of sp³-hybridized carbons (Fsp3) is 0.231. The Bertz CT molecular complexity index is 481. The van der Waals surface area contributed by atoms with Crippen molar-refractivity contribution in [2.75, 3.05) is 11.4 Å². The van der Waals surface area contributed by atoms with Gasteiger partial charge in [0.15, 0.2) is 0 Å². The molecule has 88 valence electrons. The van der Waals surface area contributed by atoms with Gasteiger partial charge in [-0.25, -0.2) is 0 Å². The number of carboxylic acids is 1. The Morgan fingerprint density at radius 1 is 1.41 bits per heavy atom. The second-order valence-electron chi connectivity index (χ2n) is 4.02. The van der Waals surface area contributed by atoms with E-state index in [9.17, 15) is 9.59 Å². The predicted molar refractivity (Wildman–Crippen MR) is 63.8 cm³/mol. The van der Waals surface area contributed by atoms with Gasteiger partial charge in [-0.15, -0.1) is 0 Å². The van der Waals surface area contributed by atoms with E-state index in [0.29, 0.717) is 6.42 Å². The number of carbonyl (C=O) groups excluding carboxylic acids is 1. The van der Waals surface area contributed by atoms with Crippen LogP contribution < -0.4 is 4.90 Å². The van der Waals surface area contributed by atoms with Crippen LogP contribution in [0.4, 0.5) is 5.69 Å². The molecule has 0 spiro atoms. The van der Waals surface area contributed by atoms with Crippen LogP contribution in [0.25, 0.3) is 0 Å². The maximum absolute atomic E-state index is 11.7. The number of carboxylic acid groups (broad SMARTS) is 1. The van der Waals surface area contributed by atoms with Crippen molar-refractivity contribution in [3.63, 3.8) is 0 Å². The molecule has 1 aliphatic rings. The minimum Gasteiger partial charge on any atom is -0.481 e. The second-order valence-corrected chi connectivity index (χ2v) is 4.02. The molecule has 0 saturated heterocycles. The van der Waals surface area contributed by atoms with E-state index < -0.39 is 11.9 Å². The van der Waals surface area contributed by atoms with Gasteiger partial charge < -0.3 is 10.0 Å². The summed E-state index contributed by atoms with van der Waals surface area (Å²) in [7, 11) is 0. The van der Waals surface area contributed by atoms with Gasteiger partial charge in [0.1, 0.15) is 0 Å². The normalized spacial score (nSPS) is 18.4. The maximum atomic E-state index is 11.7. The molecule has 0 fully saturated rings. The summed E-state index contributed by atoms with van der Waals surface area (Å²) in [6.45, 7) is 3.65. The lowest BCUT2D eigenvalue weighted by Gasteiger charge is -2.32. The van der Waals surface area contributed by atoms with E-state index in [1.54, 1.807) is 0 Å². The third kappa shape index (κ3) is 2.06. The molecule has 1 atom stereocenters. The minimum atomic E-state index is -0.874. The van der Waals surface area contributed by atoms with Gasteiger partial charge in [0.2, 0.25) is 5.91 Å². The molecule has 17 heavy (non-hydrogen) atoms. The quantitative estimate of drug-likeness (QED) is 0.784. The molecule has 1 aromatic carbocycles. The first-order chi connectivity index (χ1) is 8.13. The molecule has 4 heteroatoms. The Morgan fingerprint density at radius 3 is 2.76 bits per heavy atom. The summed E-state index contributed by atoms with van der Waals surface area (Å²) >= 11 is 0. The standard InChI is InChI=1S/C13H13NO3/c1-2-12(15)14-8-10(13(16)17)7-9-5-3-4-6-11(9)14/h2-6,10H,1,7-8H2,(H,16,17). The first-order valence-corrected chi connectivity index (χ1v) is 5.38. The molecule has 0 radical (unpaired) electrons. The largest absolute Gasteiger partial charge is 0.481 e. The Hall–Kier alpha value is -2.10. The van der Waals surface area contributed by atoms with Crippen LogP contribution in [-0.4, -0.2) is 23.5 Å². The monoisotopic (exact) mass is 231 g/mol. The van der Waals surface area contributed by atoms with Crippen molar-refractivity contribution in [3.8, 4) is 0 Å². The molecular weight excluding hydrogens is 218 g/mol. The van der Waals surface area contributed by atoms with Gasteiger partial charge in [0, 0.05) is 12.2 Å². The lowest BCUT2D eigenvalue weighted by molar-refractivity contribution is -0.141. The molecule has 0 bridgehead atoms. The summed E-state index contributed by atoms with van der Waals surface area (Å²) in [5, 5.41) is 9.07. The highest BCUT2D eigenvalue weighted by molar-refractivity contribution is 6.02. The van der Waals surface area contributed by atoms with Gasteiger partial charge >= 0.3 is 5.97 Å². The number of rotatable bonds is 2. The van der Waals surface area contributed by atoms with E-state index in [1.807, 2.05) is 24.3 Å². The number of amides is 1. The fourth-order valence-corrected chi connectivity index (χ4v) is 2.08. The van der Waals surface area contributed by atoms with Gasteiger partial charge in [-0.1, -0.05) is 24.8 Å². The molecule has 0 aliphatic carbocycles. The van der Waals surface area contributed by atoms with E-state index in [-0.39, 0.29) is 12.5 Å². The molecule has 0 aromatic heterocycles. The topological polar surface area (TPSA) is 57.6 Å². The van der Waals surface area contributed by atoms with Crippen molar-refractivity contribution in [1.82, 2.24) is 0 Å². The highest BCUT2D eigenvalue weighted by Gasteiger charge is 2.30. The fourth-order valence-electron chi connectivity index (χ4n) is 2.08. The number of fused-ring (bicyclic) bond motifs is 1. The molecule has 1 aliphatic heterocycles. The SMILES string of the molecule is C=CC(=O)N1CC(C(=O)O)Cc2ccccc21. The Morgan fingerprint density at radius 2 is 2.12 bits per heavy atom. The summed E-state index contributed by atoms with van der Waals surface area (Å²) in [6, 6.07) is 7.37. The summed E-state index contributed by atoms with van der Waals surface area (Å²) in [5.74, 6) is -1.68. The molecule has 1 aromatic rings. The number of carbonyl (C=O) groups is 2. The number of aliphatic carboxylic acids is 1. The third-order valence-corrected chi connectivity index (χ3v) is 2.94. The zero-order chi connectivity index (χ0) is 12.4. The van der Waals surface area contributed by atoms with Crippen molar-refractivity contribution in [2.24, 2.45) is 5.92 Å². The molecule has 2 rings (SSSR count). The van der Waals surface area contributed by atoms with Crippen molar-refractivity contribution >= 4 is 17.6 Å². The summed E-state index contributed by atoms with van der Waals surface area (Å²) in [6.07, 6.45) is 1.67. The van der Waals surface area contributed by atoms with Gasteiger partial charge in [0.05, 0.1) is 5.92 Å².